The SMILES string of the molecule is CCC(C)(CC)NC(=O)c1cc(C)c(C)cc1F. The highest BCUT2D eigenvalue weighted by Gasteiger charge is 2.24. The molecule has 18 heavy (non-hydrogen) atoms. The molecule has 0 aliphatic rings. The molecule has 0 spiro atoms. The summed E-state index contributed by atoms with van der Waals surface area (Å²) < 4.78 is 13.8. The van der Waals surface area contributed by atoms with E-state index < -0.39 is 5.82 Å². The summed E-state index contributed by atoms with van der Waals surface area (Å²) in [5, 5.41) is 2.92. The van der Waals surface area contributed by atoms with Crippen molar-refractivity contribution in [3.8, 4) is 0 Å². The topological polar surface area (TPSA) is 29.1 Å². The summed E-state index contributed by atoms with van der Waals surface area (Å²) in [5.41, 5.74) is 1.64. The van der Waals surface area contributed by atoms with Crippen molar-refractivity contribution in [3.63, 3.8) is 0 Å². The van der Waals surface area contributed by atoms with Crippen LogP contribution >= 0.6 is 0 Å². The van der Waals surface area contributed by atoms with Crippen molar-refractivity contribution < 1.29 is 9.18 Å². The lowest BCUT2D eigenvalue weighted by molar-refractivity contribution is 0.0897. The van der Waals surface area contributed by atoms with Crippen molar-refractivity contribution in [2.24, 2.45) is 0 Å². The van der Waals surface area contributed by atoms with Gasteiger partial charge in [0, 0.05) is 5.54 Å². The smallest absolute Gasteiger partial charge is 0.254 e. The molecule has 0 saturated carbocycles. The maximum absolute atomic E-state index is 13.8. The van der Waals surface area contributed by atoms with Crippen LogP contribution in [-0.2, 0) is 0 Å². The second-order valence-electron chi connectivity index (χ2n) is 5.14. The number of aryl methyl sites for hydroxylation is 2. The number of benzene rings is 1. The van der Waals surface area contributed by atoms with Gasteiger partial charge in [0.1, 0.15) is 5.82 Å². The lowest BCUT2D eigenvalue weighted by Gasteiger charge is -2.28. The third-order valence-electron chi connectivity index (χ3n) is 3.80. The lowest BCUT2D eigenvalue weighted by atomic mass is 9.94. The molecule has 0 aliphatic heterocycles. The molecule has 1 rings (SSSR count). The van der Waals surface area contributed by atoms with E-state index in [1.807, 2.05) is 34.6 Å². The number of carbonyl (C=O) groups is 1. The van der Waals surface area contributed by atoms with Crippen LogP contribution in [0.15, 0.2) is 12.1 Å². The number of nitrogens with one attached hydrogen (secondary N) is 1. The van der Waals surface area contributed by atoms with E-state index in [0.29, 0.717) is 0 Å². The minimum atomic E-state index is -0.454. The van der Waals surface area contributed by atoms with E-state index >= 15 is 0 Å². The molecule has 2 nitrogen and oxygen atoms in total. The summed E-state index contributed by atoms with van der Waals surface area (Å²) >= 11 is 0. The van der Waals surface area contributed by atoms with Gasteiger partial charge >= 0.3 is 0 Å². The van der Waals surface area contributed by atoms with Gasteiger partial charge in [-0.25, -0.2) is 4.39 Å². The number of carbonyl (C=O) groups excluding carboxylic acids is 1. The maximum atomic E-state index is 13.8. The van der Waals surface area contributed by atoms with Crippen molar-refractivity contribution >= 4 is 5.91 Å². The van der Waals surface area contributed by atoms with Crippen molar-refractivity contribution in [2.45, 2.75) is 53.0 Å². The van der Waals surface area contributed by atoms with Crippen LogP contribution in [0.3, 0.4) is 0 Å². The normalized spacial score (nSPS) is 11.4. The summed E-state index contributed by atoms with van der Waals surface area (Å²) in [6.07, 6.45) is 1.64. The van der Waals surface area contributed by atoms with Gasteiger partial charge in [-0.2, -0.15) is 0 Å². The van der Waals surface area contributed by atoms with Crippen LogP contribution in [0.5, 0.6) is 0 Å². The van der Waals surface area contributed by atoms with Crippen molar-refractivity contribution in [2.75, 3.05) is 0 Å². The Kier molecular flexibility index (Phi) is 4.49. The highest BCUT2D eigenvalue weighted by molar-refractivity contribution is 5.95. The van der Waals surface area contributed by atoms with Gasteiger partial charge in [0.05, 0.1) is 5.56 Å². The van der Waals surface area contributed by atoms with Crippen LogP contribution in [0.2, 0.25) is 0 Å². The fraction of sp³-hybridized carbons (Fsp3) is 0.533. The number of halogens is 1. The number of rotatable bonds is 4. The Bertz CT molecular complexity index is 450. The van der Waals surface area contributed by atoms with E-state index in [-0.39, 0.29) is 17.0 Å². The zero-order valence-electron chi connectivity index (χ0n) is 11.9. The molecule has 1 amide bonds. The molecule has 0 radical (unpaired) electrons. The molecular formula is C15H22FNO. The summed E-state index contributed by atoms with van der Waals surface area (Å²) in [5.74, 6) is -0.785. The molecule has 0 saturated heterocycles. The Balaban J connectivity index is 3.01. The standard InChI is InChI=1S/C15H22FNO/c1-6-15(5,7-2)17-14(18)12-8-10(3)11(4)9-13(12)16/h8-9H,6-7H2,1-5H3,(H,17,18). The van der Waals surface area contributed by atoms with E-state index in [2.05, 4.69) is 5.32 Å². The first-order valence-corrected chi connectivity index (χ1v) is 6.42. The molecule has 0 aliphatic carbocycles. The van der Waals surface area contributed by atoms with E-state index in [1.54, 1.807) is 6.07 Å². The van der Waals surface area contributed by atoms with Crippen LogP contribution in [0.4, 0.5) is 4.39 Å². The van der Waals surface area contributed by atoms with Gasteiger partial charge < -0.3 is 5.32 Å². The summed E-state index contributed by atoms with van der Waals surface area (Å²) in [7, 11) is 0. The minimum Gasteiger partial charge on any atom is -0.347 e. The van der Waals surface area contributed by atoms with Crippen LogP contribution in [0.1, 0.15) is 55.1 Å². The molecule has 1 N–H and O–H groups in total. The molecule has 1 aromatic rings. The lowest BCUT2D eigenvalue weighted by Crippen LogP contribution is -2.45. The molecular weight excluding hydrogens is 229 g/mol. The van der Waals surface area contributed by atoms with Crippen LogP contribution in [0.25, 0.3) is 0 Å². The zero-order chi connectivity index (χ0) is 13.9. The van der Waals surface area contributed by atoms with Gasteiger partial charge in [-0.1, -0.05) is 13.8 Å². The average molecular weight is 251 g/mol. The molecule has 0 aromatic heterocycles. The molecule has 100 valence electrons. The van der Waals surface area contributed by atoms with Gasteiger partial charge in [-0.3, -0.25) is 4.79 Å². The molecule has 0 fully saturated rings. The third-order valence-corrected chi connectivity index (χ3v) is 3.80. The summed E-state index contributed by atoms with van der Waals surface area (Å²) in [4.78, 5) is 12.1. The minimum absolute atomic E-state index is 0.131. The van der Waals surface area contributed by atoms with Crippen molar-refractivity contribution in [1.82, 2.24) is 5.32 Å². The second kappa shape index (κ2) is 5.51. The third kappa shape index (κ3) is 3.09. The largest absolute Gasteiger partial charge is 0.347 e. The number of hydrogen-bond acceptors (Lipinski definition) is 1. The van der Waals surface area contributed by atoms with Gasteiger partial charge in [-0.15, -0.1) is 0 Å². The Morgan fingerprint density at radius 3 is 2.22 bits per heavy atom. The molecule has 0 heterocycles. The molecule has 0 unspecified atom stereocenters. The summed E-state index contributed by atoms with van der Waals surface area (Å²) in [6, 6.07) is 3.03. The van der Waals surface area contributed by atoms with Crippen LogP contribution in [-0.4, -0.2) is 11.4 Å². The molecule has 1 aromatic carbocycles. The Morgan fingerprint density at radius 1 is 1.22 bits per heavy atom. The highest BCUT2D eigenvalue weighted by Crippen LogP contribution is 2.18. The first-order valence-electron chi connectivity index (χ1n) is 6.42. The van der Waals surface area contributed by atoms with Gasteiger partial charge in [0.25, 0.3) is 5.91 Å². The van der Waals surface area contributed by atoms with E-state index in [1.165, 1.54) is 6.07 Å². The van der Waals surface area contributed by atoms with Gasteiger partial charge in [0.15, 0.2) is 0 Å². The first-order chi connectivity index (χ1) is 8.33. The predicted octanol–water partition coefficient (Wildman–Crippen LogP) is 3.75. The Morgan fingerprint density at radius 2 is 1.72 bits per heavy atom. The van der Waals surface area contributed by atoms with Crippen LogP contribution in [0, 0.1) is 19.7 Å². The van der Waals surface area contributed by atoms with Crippen molar-refractivity contribution in [1.29, 1.82) is 0 Å². The van der Waals surface area contributed by atoms with Crippen molar-refractivity contribution in [3.05, 3.63) is 34.6 Å². The fourth-order valence-corrected chi connectivity index (χ4v) is 1.72. The summed E-state index contributed by atoms with van der Waals surface area (Å²) in [6.45, 7) is 9.72. The average Bonchev–Trinajstić information content (AvgIpc) is 2.33. The highest BCUT2D eigenvalue weighted by atomic mass is 19.1. The number of amides is 1. The zero-order valence-corrected chi connectivity index (χ0v) is 11.9. The fourth-order valence-electron chi connectivity index (χ4n) is 1.72. The maximum Gasteiger partial charge on any atom is 0.254 e. The van der Waals surface area contributed by atoms with Gasteiger partial charge in [0.2, 0.25) is 0 Å². The molecule has 0 atom stereocenters. The van der Waals surface area contributed by atoms with E-state index in [0.717, 1.165) is 24.0 Å². The quantitative estimate of drug-likeness (QED) is 0.867. The second-order valence-corrected chi connectivity index (χ2v) is 5.14. The van der Waals surface area contributed by atoms with Crippen LogP contribution < -0.4 is 5.32 Å². The Labute approximate surface area is 109 Å². The predicted molar refractivity (Wildman–Crippen MR) is 72.3 cm³/mol. The van der Waals surface area contributed by atoms with E-state index in [9.17, 15) is 9.18 Å². The first kappa shape index (κ1) is 14.7. The van der Waals surface area contributed by atoms with E-state index in [4.69, 9.17) is 0 Å². The molecule has 0 bridgehead atoms. The Hall–Kier alpha value is -1.38. The number of hydrogen-bond donors (Lipinski definition) is 1. The monoisotopic (exact) mass is 251 g/mol. The van der Waals surface area contributed by atoms with Gasteiger partial charge in [-0.05, 0) is 56.9 Å². The molecule has 3 heteroatoms.